The van der Waals surface area contributed by atoms with E-state index < -0.39 is 5.91 Å². The second kappa shape index (κ2) is 7.83. The number of aromatic hydroxyl groups is 1. The standard InChI is InChI=1S/C19H16N8O3/c1-11-5-7-13(8-6-11)16-15(22-26-27(16)18-17(20)24-30-25-18)19(29)23-21-10-12-3-2-4-14(28)9-12/h2-10,28H,1H3,(H2,20,24)(H,23,29)/b21-10-. The molecule has 30 heavy (non-hydrogen) atoms. The van der Waals surface area contributed by atoms with E-state index in [0.717, 1.165) is 5.56 Å². The predicted octanol–water partition coefficient (Wildman–Crippen LogP) is 1.68. The lowest BCUT2D eigenvalue weighted by Gasteiger charge is -2.06. The Morgan fingerprint density at radius 2 is 2.03 bits per heavy atom. The molecule has 0 aliphatic rings. The number of nitrogens with one attached hydrogen (secondary N) is 1. The molecule has 2 heterocycles. The van der Waals surface area contributed by atoms with E-state index in [2.05, 4.69) is 35.8 Å². The number of hydrogen-bond donors (Lipinski definition) is 3. The molecule has 1 amide bonds. The van der Waals surface area contributed by atoms with Gasteiger partial charge in [0.15, 0.2) is 5.69 Å². The number of carbonyl (C=O) groups excluding carboxylic acids is 1. The van der Waals surface area contributed by atoms with Crippen LogP contribution in [0.4, 0.5) is 5.82 Å². The first kappa shape index (κ1) is 18.8. The van der Waals surface area contributed by atoms with Crippen molar-refractivity contribution in [2.75, 3.05) is 5.73 Å². The summed E-state index contributed by atoms with van der Waals surface area (Å²) in [5.74, 6) is -0.389. The normalized spacial score (nSPS) is 11.1. The van der Waals surface area contributed by atoms with E-state index in [1.807, 2.05) is 31.2 Å². The van der Waals surface area contributed by atoms with Crippen LogP contribution >= 0.6 is 0 Å². The maximum atomic E-state index is 12.7. The largest absolute Gasteiger partial charge is 0.508 e. The molecule has 2 aromatic carbocycles. The lowest BCUT2D eigenvalue weighted by atomic mass is 10.1. The van der Waals surface area contributed by atoms with Crippen LogP contribution in [0.5, 0.6) is 5.75 Å². The molecule has 0 bridgehead atoms. The molecule has 2 aromatic heterocycles. The van der Waals surface area contributed by atoms with Crippen LogP contribution in [-0.4, -0.2) is 42.5 Å². The highest BCUT2D eigenvalue weighted by Gasteiger charge is 2.25. The molecule has 11 heteroatoms. The number of anilines is 1. The summed E-state index contributed by atoms with van der Waals surface area (Å²) in [6.07, 6.45) is 1.40. The third kappa shape index (κ3) is 3.71. The fourth-order valence-electron chi connectivity index (χ4n) is 2.71. The van der Waals surface area contributed by atoms with Crippen molar-refractivity contribution in [2.24, 2.45) is 5.10 Å². The van der Waals surface area contributed by atoms with Crippen molar-refractivity contribution in [1.82, 2.24) is 30.7 Å². The van der Waals surface area contributed by atoms with Crippen molar-refractivity contribution in [1.29, 1.82) is 0 Å². The zero-order valence-electron chi connectivity index (χ0n) is 15.7. The molecule has 0 fully saturated rings. The van der Waals surface area contributed by atoms with Gasteiger partial charge in [-0.25, -0.2) is 10.1 Å². The zero-order chi connectivity index (χ0) is 21.1. The lowest BCUT2D eigenvalue weighted by molar-refractivity contribution is 0.0950. The summed E-state index contributed by atoms with van der Waals surface area (Å²) in [6, 6.07) is 13.8. The minimum Gasteiger partial charge on any atom is -0.508 e. The number of nitrogens with two attached hydrogens (primary N) is 1. The number of amides is 1. The van der Waals surface area contributed by atoms with Gasteiger partial charge in [-0.1, -0.05) is 47.2 Å². The molecule has 0 aliphatic carbocycles. The van der Waals surface area contributed by atoms with E-state index in [1.54, 1.807) is 12.1 Å². The highest BCUT2D eigenvalue weighted by atomic mass is 16.6. The van der Waals surface area contributed by atoms with Gasteiger partial charge in [-0.3, -0.25) is 4.79 Å². The molecule has 11 nitrogen and oxygen atoms in total. The molecule has 4 aromatic rings. The van der Waals surface area contributed by atoms with Gasteiger partial charge in [-0.2, -0.15) is 9.78 Å². The summed E-state index contributed by atoms with van der Waals surface area (Å²) in [4.78, 5) is 12.7. The second-order valence-corrected chi connectivity index (χ2v) is 6.33. The van der Waals surface area contributed by atoms with Crippen molar-refractivity contribution in [3.8, 4) is 22.8 Å². The molecule has 0 atom stereocenters. The van der Waals surface area contributed by atoms with Crippen molar-refractivity contribution < 1.29 is 14.5 Å². The number of hydrogen-bond acceptors (Lipinski definition) is 9. The Balaban J connectivity index is 1.69. The number of phenolic OH excluding ortho intramolecular Hbond substituents is 1. The predicted molar refractivity (Wildman–Crippen MR) is 107 cm³/mol. The van der Waals surface area contributed by atoms with Crippen molar-refractivity contribution >= 4 is 17.9 Å². The average molecular weight is 404 g/mol. The summed E-state index contributed by atoms with van der Waals surface area (Å²) in [7, 11) is 0. The van der Waals surface area contributed by atoms with E-state index in [9.17, 15) is 9.90 Å². The Hall–Kier alpha value is -4.54. The van der Waals surface area contributed by atoms with E-state index >= 15 is 0 Å². The number of rotatable bonds is 5. The number of benzene rings is 2. The highest BCUT2D eigenvalue weighted by molar-refractivity contribution is 5.98. The fourth-order valence-corrected chi connectivity index (χ4v) is 2.71. The van der Waals surface area contributed by atoms with Crippen LogP contribution in [0.25, 0.3) is 17.1 Å². The molecule has 0 radical (unpaired) electrons. The van der Waals surface area contributed by atoms with Crippen LogP contribution in [0, 0.1) is 6.92 Å². The van der Waals surface area contributed by atoms with E-state index in [0.29, 0.717) is 16.8 Å². The second-order valence-electron chi connectivity index (χ2n) is 6.33. The molecule has 0 saturated heterocycles. The monoisotopic (exact) mass is 404 g/mol. The number of aromatic nitrogens is 5. The van der Waals surface area contributed by atoms with Gasteiger partial charge in [-0.05, 0) is 34.9 Å². The Bertz CT molecular complexity index is 1230. The number of carbonyl (C=O) groups is 1. The van der Waals surface area contributed by atoms with E-state index in [1.165, 1.54) is 23.0 Å². The smallest absolute Gasteiger partial charge is 0.294 e. The molecule has 150 valence electrons. The van der Waals surface area contributed by atoms with Crippen LogP contribution in [-0.2, 0) is 0 Å². The minimum absolute atomic E-state index is 0.00197. The quantitative estimate of drug-likeness (QED) is 0.335. The van der Waals surface area contributed by atoms with Gasteiger partial charge in [0.1, 0.15) is 11.4 Å². The Labute approximate surface area is 169 Å². The average Bonchev–Trinajstić information content (AvgIpc) is 3.34. The maximum Gasteiger partial charge on any atom is 0.294 e. The highest BCUT2D eigenvalue weighted by Crippen LogP contribution is 2.26. The third-order valence-electron chi connectivity index (χ3n) is 4.16. The van der Waals surface area contributed by atoms with Crippen LogP contribution in [0.15, 0.2) is 58.3 Å². The van der Waals surface area contributed by atoms with Crippen molar-refractivity contribution in [3.05, 3.63) is 65.4 Å². The van der Waals surface area contributed by atoms with E-state index in [4.69, 9.17) is 5.73 Å². The molecule has 0 saturated carbocycles. The van der Waals surface area contributed by atoms with Gasteiger partial charge in [0.2, 0.25) is 11.6 Å². The van der Waals surface area contributed by atoms with E-state index in [-0.39, 0.29) is 23.1 Å². The zero-order valence-corrected chi connectivity index (χ0v) is 15.7. The summed E-state index contributed by atoms with van der Waals surface area (Å²) >= 11 is 0. The van der Waals surface area contributed by atoms with Gasteiger partial charge in [0.05, 0.1) is 6.21 Å². The Morgan fingerprint density at radius 3 is 2.73 bits per heavy atom. The van der Waals surface area contributed by atoms with Gasteiger partial charge in [-0.15, -0.1) is 5.10 Å². The maximum absolute atomic E-state index is 12.7. The number of nitrogen functional groups attached to an aromatic ring is 1. The minimum atomic E-state index is -0.594. The molecule has 0 aliphatic heterocycles. The summed E-state index contributed by atoms with van der Waals surface area (Å²) in [6.45, 7) is 1.95. The van der Waals surface area contributed by atoms with Gasteiger partial charge in [0, 0.05) is 5.56 Å². The summed E-state index contributed by atoms with van der Waals surface area (Å²) < 4.78 is 5.93. The molecular weight excluding hydrogens is 388 g/mol. The molecule has 4 rings (SSSR count). The first-order valence-corrected chi connectivity index (χ1v) is 8.76. The molecule has 0 unspecified atom stereocenters. The van der Waals surface area contributed by atoms with Gasteiger partial charge >= 0.3 is 0 Å². The fraction of sp³-hybridized carbons (Fsp3) is 0.0526. The first-order chi connectivity index (χ1) is 14.5. The van der Waals surface area contributed by atoms with Crippen LogP contribution in [0.2, 0.25) is 0 Å². The number of hydrazone groups is 1. The van der Waals surface area contributed by atoms with Crippen molar-refractivity contribution in [3.63, 3.8) is 0 Å². The van der Waals surface area contributed by atoms with Crippen LogP contribution in [0.3, 0.4) is 0 Å². The first-order valence-electron chi connectivity index (χ1n) is 8.76. The SMILES string of the molecule is Cc1ccc(-c2c(C(=O)N/N=C\c3cccc(O)c3)nnn2-c2nonc2N)cc1. The number of nitrogens with zero attached hydrogens (tertiary/aromatic N) is 6. The van der Waals surface area contributed by atoms with Crippen molar-refractivity contribution in [2.45, 2.75) is 6.92 Å². The van der Waals surface area contributed by atoms with Crippen LogP contribution < -0.4 is 11.2 Å². The molecule has 0 spiro atoms. The third-order valence-corrected chi connectivity index (χ3v) is 4.16. The van der Waals surface area contributed by atoms with Crippen LogP contribution in [0.1, 0.15) is 21.6 Å². The molecular formula is C19H16N8O3. The summed E-state index contributed by atoms with van der Waals surface area (Å²) in [5.41, 5.74) is 10.9. The Kier molecular flexibility index (Phi) is 4.91. The molecule has 4 N–H and O–H groups in total. The summed E-state index contributed by atoms with van der Waals surface area (Å²) in [5, 5.41) is 28.7. The lowest BCUT2D eigenvalue weighted by Crippen LogP contribution is -2.19. The van der Waals surface area contributed by atoms with Gasteiger partial charge < -0.3 is 10.8 Å². The topological polar surface area (TPSA) is 157 Å². The Morgan fingerprint density at radius 1 is 1.23 bits per heavy atom. The van der Waals surface area contributed by atoms with Gasteiger partial charge in [0.25, 0.3) is 5.91 Å². The number of phenols is 1. The number of aryl methyl sites for hydroxylation is 1.